The molecule has 0 spiro atoms. The number of halogens is 1. The second-order valence-corrected chi connectivity index (χ2v) is 6.13. The smallest absolute Gasteiger partial charge is 0.126 e. The van der Waals surface area contributed by atoms with Crippen LogP contribution in [0.1, 0.15) is 12.0 Å². The topological polar surface area (TPSA) is 27.7 Å². The SMILES string of the molecule is COc1ccccc1/C=C/CN1CCC(N2CCNCC2)C1.Cl. The number of methoxy groups -OCH3 is 1. The van der Waals surface area contributed by atoms with E-state index in [1.165, 1.54) is 32.6 Å². The van der Waals surface area contributed by atoms with Crippen LogP contribution < -0.4 is 10.1 Å². The zero-order valence-corrected chi connectivity index (χ0v) is 14.7. The molecule has 1 atom stereocenters. The number of ether oxygens (including phenoxy) is 1. The molecular formula is C18H28ClN3O. The Balaban J connectivity index is 0.00000192. The number of nitrogens with one attached hydrogen (secondary N) is 1. The molecule has 0 radical (unpaired) electrons. The van der Waals surface area contributed by atoms with Crippen molar-refractivity contribution in [3.63, 3.8) is 0 Å². The first kappa shape index (κ1) is 18.3. The highest BCUT2D eigenvalue weighted by atomic mass is 35.5. The third kappa shape index (κ3) is 4.95. The molecule has 2 heterocycles. The van der Waals surface area contributed by atoms with Gasteiger partial charge < -0.3 is 10.1 Å². The Morgan fingerprint density at radius 3 is 2.78 bits per heavy atom. The Morgan fingerprint density at radius 1 is 1.22 bits per heavy atom. The highest BCUT2D eigenvalue weighted by Crippen LogP contribution is 2.19. The van der Waals surface area contributed by atoms with Gasteiger partial charge in [-0.2, -0.15) is 0 Å². The van der Waals surface area contributed by atoms with Crippen molar-refractivity contribution in [2.75, 3.05) is 52.9 Å². The minimum absolute atomic E-state index is 0. The van der Waals surface area contributed by atoms with Gasteiger partial charge in [-0.3, -0.25) is 9.80 Å². The molecule has 1 aromatic rings. The standard InChI is InChI=1S/C18H27N3O.ClH/c1-22-18-7-3-2-5-16(18)6-4-11-20-12-8-17(15-20)21-13-9-19-10-14-21;/h2-7,17,19H,8-15H2,1H3;1H/b6-4+;. The Kier molecular flexibility index (Phi) is 7.37. The van der Waals surface area contributed by atoms with Crippen molar-refractivity contribution in [1.82, 2.24) is 15.1 Å². The Bertz CT molecular complexity index is 503. The average Bonchev–Trinajstić information content (AvgIpc) is 3.05. The van der Waals surface area contributed by atoms with E-state index in [0.717, 1.165) is 37.0 Å². The van der Waals surface area contributed by atoms with Crippen LogP contribution in [0.15, 0.2) is 30.3 Å². The van der Waals surface area contributed by atoms with Gasteiger partial charge in [-0.05, 0) is 12.5 Å². The second kappa shape index (κ2) is 9.28. The van der Waals surface area contributed by atoms with E-state index in [9.17, 15) is 0 Å². The van der Waals surface area contributed by atoms with E-state index in [4.69, 9.17) is 4.74 Å². The lowest BCUT2D eigenvalue weighted by molar-refractivity contribution is 0.173. The number of hydrogen-bond donors (Lipinski definition) is 1. The minimum Gasteiger partial charge on any atom is -0.496 e. The molecule has 128 valence electrons. The number of piperazine rings is 1. The maximum absolute atomic E-state index is 5.39. The molecule has 2 saturated heterocycles. The van der Waals surface area contributed by atoms with Crippen molar-refractivity contribution >= 4 is 18.5 Å². The summed E-state index contributed by atoms with van der Waals surface area (Å²) < 4.78 is 5.39. The van der Waals surface area contributed by atoms with Crippen LogP contribution >= 0.6 is 12.4 Å². The molecule has 2 aliphatic rings. The van der Waals surface area contributed by atoms with E-state index in [1.54, 1.807) is 7.11 Å². The van der Waals surface area contributed by atoms with E-state index >= 15 is 0 Å². The van der Waals surface area contributed by atoms with Crippen molar-refractivity contribution in [3.05, 3.63) is 35.9 Å². The van der Waals surface area contributed by atoms with Gasteiger partial charge in [0.25, 0.3) is 0 Å². The zero-order valence-electron chi connectivity index (χ0n) is 13.9. The van der Waals surface area contributed by atoms with E-state index in [0.29, 0.717) is 0 Å². The normalized spacial score (nSPS) is 23.1. The molecule has 4 nitrogen and oxygen atoms in total. The summed E-state index contributed by atoms with van der Waals surface area (Å²) in [6.45, 7) is 8.14. The van der Waals surface area contributed by atoms with Crippen molar-refractivity contribution in [2.45, 2.75) is 12.5 Å². The van der Waals surface area contributed by atoms with Crippen molar-refractivity contribution in [1.29, 1.82) is 0 Å². The number of hydrogen-bond acceptors (Lipinski definition) is 4. The van der Waals surface area contributed by atoms with Gasteiger partial charge in [0.15, 0.2) is 0 Å². The highest BCUT2D eigenvalue weighted by Gasteiger charge is 2.27. The van der Waals surface area contributed by atoms with E-state index in [2.05, 4.69) is 39.4 Å². The fourth-order valence-corrected chi connectivity index (χ4v) is 3.46. The van der Waals surface area contributed by atoms with Crippen LogP contribution in [0.3, 0.4) is 0 Å². The van der Waals surface area contributed by atoms with Gasteiger partial charge in [-0.15, -0.1) is 12.4 Å². The number of para-hydroxylation sites is 1. The summed E-state index contributed by atoms with van der Waals surface area (Å²) in [4.78, 5) is 5.21. The summed E-state index contributed by atoms with van der Waals surface area (Å²) in [5, 5.41) is 3.43. The van der Waals surface area contributed by atoms with E-state index in [-0.39, 0.29) is 12.4 Å². The van der Waals surface area contributed by atoms with E-state index in [1.807, 2.05) is 12.1 Å². The molecule has 0 bridgehead atoms. The van der Waals surface area contributed by atoms with Crippen LogP contribution in [0.4, 0.5) is 0 Å². The summed E-state index contributed by atoms with van der Waals surface area (Å²) >= 11 is 0. The largest absolute Gasteiger partial charge is 0.496 e. The summed E-state index contributed by atoms with van der Waals surface area (Å²) in [6.07, 6.45) is 5.75. The lowest BCUT2D eigenvalue weighted by Gasteiger charge is -2.32. The molecule has 1 aromatic carbocycles. The zero-order chi connectivity index (χ0) is 15.2. The Labute approximate surface area is 145 Å². The maximum Gasteiger partial charge on any atom is 0.126 e. The van der Waals surface area contributed by atoms with Crippen LogP contribution in [0.2, 0.25) is 0 Å². The van der Waals surface area contributed by atoms with Crippen LogP contribution in [-0.4, -0.2) is 68.8 Å². The summed E-state index contributed by atoms with van der Waals surface area (Å²) in [5.41, 5.74) is 1.16. The highest BCUT2D eigenvalue weighted by molar-refractivity contribution is 5.85. The molecule has 0 aromatic heterocycles. The van der Waals surface area contributed by atoms with Crippen molar-refractivity contribution < 1.29 is 4.74 Å². The number of rotatable bonds is 5. The molecule has 23 heavy (non-hydrogen) atoms. The molecule has 2 fully saturated rings. The van der Waals surface area contributed by atoms with Crippen LogP contribution in [0.25, 0.3) is 6.08 Å². The van der Waals surface area contributed by atoms with Gasteiger partial charge in [0, 0.05) is 57.4 Å². The summed E-state index contributed by atoms with van der Waals surface area (Å²) in [7, 11) is 1.73. The van der Waals surface area contributed by atoms with Gasteiger partial charge in [0.05, 0.1) is 7.11 Å². The quantitative estimate of drug-likeness (QED) is 0.890. The van der Waals surface area contributed by atoms with Gasteiger partial charge in [-0.1, -0.05) is 30.4 Å². The summed E-state index contributed by atoms with van der Waals surface area (Å²) in [5.74, 6) is 0.943. The fraction of sp³-hybridized carbons (Fsp3) is 0.556. The Hall–Kier alpha value is -1.07. The average molecular weight is 338 g/mol. The van der Waals surface area contributed by atoms with Gasteiger partial charge in [0.2, 0.25) is 0 Å². The van der Waals surface area contributed by atoms with Gasteiger partial charge in [0.1, 0.15) is 5.75 Å². The maximum atomic E-state index is 5.39. The molecular weight excluding hydrogens is 310 g/mol. The van der Waals surface area contributed by atoms with Crippen LogP contribution in [0, 0.1) is 0 Å². The molecule has 2 aliphatic heterocycles. The first-order chi connectivity index (χ1) is 10.9. The second-order valence-electron chi connectivity index (χ2n) is 6.13. The molecule has 3 rings (SSSR count). The molecule has 1 N–H and O–H groups in total. The third-order valence-electron chi connectivity index (χ3n) is 4.72. The minimum atomic E-state index is 0. The first-order valence-corrected chi connectivity index (χ1v) is 8.33. The van der Waals surface area contributed by atoms with Gasteiger partial charge >= 0.3 is 0 Å². The summed E-state index contributed by atoms with van der Waals surface area (Å²) in [6, 6.07) is 8.92. The molecule has 1 unspecified atom stereocenters. The van der Waals surface area contributed by atoms with Gasteiger partial charge in [-0.25, -0.2) is 0 Å². The molecule has 0 saturated carbocycles. The molecule has 0 aliphatic carbocycles. The number of nitrogens with zero attached hydrogens (tertiary/aromatic N) is 2. The third-order valence-corrected chi connectivity index (χ3v) is 4.72. The van der Waals surface area contributed by atoms with Crippen LogP contribution in [-0.2, 0) is 0 Å². The number of benzene rings is 1. The molecule has 0 amide bonds. The predicted molar refractivity (Wildman–Crippen MR) is 98.6 cm³/mol. The van der Waals surface area contributed by atoms with Crippen molar-refractivity contribution in [2.24, 2.45) is 0 Å². The lowest BCUT2D eigenvalue weighted by Crippen LogP contribution is -2.49. The fourth-order valence-electron chi connectivity index (χ4n) is 3.46. The first-order valence-electron chi connectivity index (χ1n) is 8.33. The lowest BCUT2D eigenvalue weighted by atomic mass is 10.2. The predicted octanol–water partition coefficient (Wildman–Crippen LogP) is 2.11. The monoisotopic (exact) mass is 337 g/mol. The van der Waals surface area contributed by atoms with Crippen LogP contribution in [0.5, 0.6) is 5.75 Å². The van der Waals surface area contributed by atoms with Crippen molar-refractivity contribution in [3.8, 4) is 5.75 Å². The number of likely N-dealkylation sites (tertiary alicyclic amines) is 1. The van der Waals surface area contributed by atoms with E-state index < -0.39 is 0 Å². The molecule has 5 heteroatoms. The Morgan fingerprint density at radius 2 is 2.00 bits per heavy atom.